The van der Waals surface area contributed by atoms with Gasteiger partial charge in [-0.2, -0.15) is 0 Å². The van der Waals surface area contributed by atoms with E-state index in [0.29, 0.717) is 17.6 Å². The molecule has 0 spiro atoms. The minimum absolute atomic E-state index is 0.0178. The van der Waals surface area contributed by atoms with Crippen LogP contribution in [-0.4, -0.2) is 25.4 Å². The number of rotatable bonds is 4. The average Bonchev–Trinajstić information content (AvgIpc) is 2.70. The summed E-state index contributed by atoms with van der Waals surface area (Å²) >= 11 is 0. The van der Waals surface area contributed by atoms with Gasteiger partial charge in [0.1, 0.15) is 11.2 Å². The van der Waals surface area contributed by atoms with Gasteiger partial charge in [0.2, 0.25) is 5.95 Å². The van der Waals surface area contributed by atoms with Crippen molar-refractivity contribution in [2.24, 2.45) is 0 Å². The van der Waals surface area contributed by atoms with Crippen LogP contribution in [-0.2, 0) is 6.54 Å². The van der Waals surface area contributed by atoms with Crippen molar-refractivity contribution >= 4 is 22.9 Å². The number of carbonyl (C=O) groups excluding carboxylic acids is 1. The highest BCUT2D eigenvalue weighted by atomic mass is 16.2. The van der Waals surface area contributed by atoms with Gasteiger partial charge in [-0.3, -0.25) is 19.5 Å². The molecule has 0 bridgehead atoms. The zero-order valence-corrected chi connectivity index (χ0v) is 16.1. The summed E-state index contributed by atoms with van der Waals surface area (Å²) in [6.07, 6.45) is 1.63. The molecule has 0 atom stereocenters. The number of anilines is 1. The fourth-order valence-electron chi connectivity index (χ4n) is 3.23. The molecule has 144 valence electrons. The molecule has 7 heteroatoms. The molecule has 0 aliphatic heterocycles. The number of hydrogen-bond donors (Lipinski definition) is 1. The van der Waals surface area contributed by atoms with Crippen LogP contribution >= 0.6 is 0 Å². The van der Waals surface area contributed by atoms with E-state index in [1.165, 1.54) is 4.57 Å². The van der Waals surface area contributed by atoms with E-state index >= 15 is 0 Å². The number of pyridine rings is 2. The second kappa shape index (κ2) is 7.63. The summed E-state index contributed by atoms with van der Waals surface area (Å²) in [4.78, 5) is 38.8. The summed E-state index contributed by atoms with van der Waals surface area (Å²) in [7, 11) is 0. The molecule has 0 saturated carbocycles. The van der Waals surface area contributed by atoms with Crippen LogP contribution in [0.1, 0.15) is 27.3 Å². The third-order valence-corrected chi connectivity index (χ3v) is 4.48. The largest absolute Gasteiger partial charge is 0.290 e. The van der Waals surface area contributed by atoms with E-state index in [4.69, 9.17) is 0 Å². The van der Waals surface area contributed by atoms with Crippen LogP contribution in [0, 0.1) is 13.8 Å². The Balaban J connectivity index is 1.79. The quantitative estimate of drug-likeness (QED) is 0.583. The molecule has 4 aromatic rings. The predicted octanol–water partition coefficient (Wildman–Crippen LogP) is 3.10. The SMILES string of the molecule is Cc1cc(C)nc(NC(=O)c2cc3cccnc3n(Cc3ccccc3)c2=O)n1. The second-order valence-corrected chi connectivity index (χ2v) is 6.78. The molecule has 1 amide bonds. The Morgan fingerprint density at radius 2 is 1.72 bits per heavy atom. The van der Waals surface area contributed by atoms with Gasteiger partial charge in [-0.05, 0) is 43.7 Å². The third kappa shape index (κ3) is 3.89. The van der Waals surface area contributed by atoms with Crippen LogP contribution in [0.25, 0.3) is 11.0 Å². The Morgan fingerprint density at radius 1 is 1.00 bits per heavy atom. The van der Waals surface area contributed by atoms with Crippen molar-refractivity contribution in [3.8, 4) is 0 Å². The van der Waals surface area contributed by atoms with E-state index in [9.17, 15) is 9.59 Å². The monoisotopic (exact) mass is 385 g/mol. The lowest BCUT2D eigenvalue weighted by molar-refractivity contribution is 0.102. The Hall–Kier alpha value is -3.87. The Labute approximate surface area is 167 Å². The minimum Gasteiger partial charge on any atom is -0.290 e. The molecule has 0 aliphatic carbocycles. The maximum atomic E-state index is 13.2. The Bertz CT molecular complexity index is 1250. The van der Waals surface area contributed by atoms with E-state index in [2.05, 4.69) is 20.3 Å². The molecule has 1 N–H and O–H groups in total. The second-order valence-electron chi connectivity index (χ2n) is 6.78. The van der Waals surface area contributed by atoms with Gasteiger partial charge in [0.05, 0.1) is 6.54 Å². The lowest BCUT2D eigenvalue weighted by atomic mass is 10.1. The number of hydrogen-bond acceptors (Lipinski definition) is 5. The smallest absolute Gasteiger partial charge is 0.265 e. The van der Waals surface area contributed by atoms with Gasteiger partial charge >= 0.3 is 0 Å². The first-order valence-corrected chi connectivity index (χ1v) is 9.17. The highest BCUT2D eigenvalue weighted by molar-refractivity contribution is 6.04. The Morgan fingerprint density at radius 3 is 2.45 bits per heavy atom. The number of amides is 1. The predicted molar refractivity (Wildman–Crippen MR) is 111 cm³/mol. The van der Waals surface area contributed by atoms with E-state index in [0.717, 1.165) is 17.0 Å². The molecule has 0 unspecified atom stereocenters. The zero-order valence-electron chi connectivity index (χ0n) is 16.1. The Kier molecular flexibility index (Phi) is 4.87. The molecule has 29 heavy (non-hydrogen) atoms. The highest BCUT2D eigenvalue weighted by Crippen LogP contribution is 2.14. The van der Waals surface area contributed by atoms with Crippen molar-refractivity contribution in [3.63, 3.8) is 0 Å². The molecule has 0 aliphatic rings. The van der Waals surface area contributed by atoms with Crippen molar-refractivity contribution in [1.29, 1.82) is 0 Å². The number of nitrogens with one attached hydrogen (secondary N) is 1. The number of nitrogens with zero attached hydrogens (tertiary/aromatic N) is 4. The molecule has 1 aromatic carbocycles. The van der Waals surface area contributed by atoms with Crippen molar-refractivity contribution in [1.82, 2.24) is 19.5 Å². The lowest BCUT2D eigenvalue weighted by Crippen LogP contribution is -2.30. The van der Waals surface area contributed by atoms with Crippen molar-refractivity contribution in [2.75, 3.05) is 5.32 Å². The van der Waals surface area contributed by atoms with Crippen LogP contribution in [0.5, 0.6) is 0 Å². The van der Waals surface area contributed by atoms with Crippen molar-refractivity contribution in [2.45, 2.75) is 20.4 Å². The van der Waals surface area contributed by atoms with E-state index in [-0.39, 0.29) is 11.5 Å². The van der Waals surface area contributed by atoms with Crippen LogP contribution in [0.2, 0.25) is 0 Å². The third-order valence-electron chi connectivity index (χ3n) is 4.48. The first kappa shape index (κ1) is 18.5. The van der Waals surface area contributed by atoms with Crippen molar-refractivity contribution in [3.05, 3.63) is 93.7 Å². The van der Waals surface area contributed by atoms with Gasteiger partial charge < -0.3 is 0 Å². The van der Waals surface area contributed by atoms with Crippen LogP contribution in [0.15, 0.2) is 65.6 Å². The standard InChI is InChI=1S/C22H19N5O2/c1-14-11-15(2)25-22(24-14)26-20(28)18-12-17-9-6-10-23-19(17)27(21(18)29)13-16-7-4-3-5-8-16/h3-12H,13H2,1-2H3,(H,24,25,26,28). The van der Waals surface area contributed by atoms with Crippen LogP contribution in [0.3, 0.4) is 0 Å². The summed E-state index contributed by atoms with van der Waals surface area (Å²) in [5.41, 5.74) is 2.54. The maximum absolute atomic E-state index is 13.2. The van der Waals surface area contributed by atoms with Gasteiger partial charge in [-0.1, -0.05) is 30.3 Å². The average molecular weight is 385 g/mol. The van der Waals surface area contributed by atoms with Gasteiger partial charge in [0.25, 0.3) is 11.5 Å². The lowest BCUT2D eigenvalue weighted by Gasteiger charge is -2.12. The fraction of sp³-hybridized carbons (Fsp3) is 0.136. The fourth-order valence-corrected chi connectivity index (χ4v) is 3.23. The van der Waals surface area contributed by atoms with Crippen LogP contribution < -0.4 is 10.9 Å². The molecular formula is C22H19N5O2. The van der Waals surface area contributed by atoms with E-state index in [1.54, 1.807) is 18.3 Å². The summed E-state index contributed by atoms with van der Waals surface area (Å²) in [6, 6.07) is 16.6. The molecule has 0 saturated heterocycles. The van der Waals surface area contributed by atoms with Gasteiger partial charge in [0.15, 0.2) is 0 Å². The number of benzene rings is 1. The highest BCUT2D eigenvalue weighted by Gasteiger charge is 2.18. The summed E-state index contributed by atoms with van der Waals surface area (Å²) in [5, 5.41) is 3.34. The molecule has 4 rings (SSSR count). The number of carbonyl (C=O) groups is 1. The number of aryl methyl sites for hydroxylation is 2. The molecule has 3 aromatic heterocycles. The first-order valence-electron chi connectivity index (χ1n) is 9.17. The van der Waals surface area contributed by atoms with Gasteiger partial charge in [-0.25, -0.2) is 15.0 Å². The zero-order chi connectivity index (χ0) is 20.4. The molecule has 7 nitrogen and oxygen atoms in total. The van der Waals surface area contributed by atoms with Gasteiger partial charge in [0, 0.05) is 23.0 Å². The molecule has 0 fully saturated rings. The topological polar surface area (TPSA) is 89.8 Å². The molecule has 0 radical (unpaired) electrons. The number of fused-ring (bicyclic) bond motifs is 1. The van der Waals surface area contributed by atoms with E-state index in [1.807, 2.05) is 56.3 Å². The number of aromatic nitrogens is 4. The molecular weight excluding hydrogens is 366 g/mol. The molecule has 3 heterocycles. The first-order chi connectivity index (χ1) is 14.0. The summed E-state index contributed by atoms with van der Waals surface area (Å²) < 4.78 is 1.52. The minimum atomic E-state index is -0.549. The maximum Gasteiger partial charge on any atom is 0.265 e. The summed E-state index contributed by atoms with van der Waals surface area (Å²) in [5.74, 6) is -0.375. The summed E-state index contributed by atoms with van der Waals surface area (Å²) in [6.45, 7) is 3.95. The van der Waals surface area contributed by atoms with Crippen LogP contribution in [0.4, 0.5) is 5.95 Å². The van der Waals surface area contributed by atoms with Gasteiger partial charge in [-0.15, -0.1) is 0 Å². The van der Waals surface area contributed by atoms with Crippen molar-refractivity contribution < 1.29 is 4.79 Å². The normalized spacial score (nSPS) is 10.8. The van der Waals surface area contributed by atoms with E-state index < -0.39 is 11.5 Å².